The van der Waals surface area contributed by atoms with Crippen LogP contribution in [0.25, 0.3) is 10.8 Å². The van der Waals surface area contributed by atoms with Gasteiger partial charge in [-0.1, -0.05) is 43.3 Å². The number of nitro groups is 1. The van der Waals surface area contributed by atoms with Crippen LogP contribution in [0.2, 0.25) is 0 Å². The fourth-order valence-electron chi connectivity index (χ4n) is 3.79. The first kappa shape index (κ1) is 20.3. The lowest BCUT2D eigenvalue weighted by atomic mass is 10.1. The molecule has 8 heteroatoms. The second-order valence-corrected chi connectivity index (χ2v) is 7.51. The van der Waals surface area contributed by atoms with Crippen LogP contribution >= 0.6 is 0 Å². The molecule has 0 bridgehead atoms. The maximum atomic E-state index is 12.2. The number of benzene rings is 3. The van der Waals surface area contributed by atoms with Crippen molar-refractivity contribution in [2.24, 2.45) is 5.92 Å². The fraction of sp³-hybridized carbons (Fsp3) is 0.217. The number of hydrogen-bond acceptors (Lipinski definition) is 6. The highest BCUT2D eigenvalue weighted by molar-refractivity contribution is 6.21. The second kappa shape index (κ2) is 8.43. The minimum atomic E-state index is -0.515. The van der Waals surface area contributed by atoms with Crippen LogP contribution < -0.4 is 15.5 Å². The van der Waals surface area contributed by atoms with Crippen molar-refractivity contribution in [3.05, 3.63) is 70.8 Å². The number of fused-ring (bicyclic) bond motifs is 1. The van der Waals surface area contributed by atoms with E-state index in [1.54, 1.807) is 13.0 Å². The first-order valence-electron chi connectivity index (χ1n) is 10.1. The molecular formula is C23H22N4O4. The van der Waals surface area contributed by atoms with Crippen LogP contribution in [0.3, 0.4) is 0 Å². The number of rotatable bonds is 7. The fourth-order valence-corrected chi connectivity index (χ4v) is 3.79. The van der Waals surface area contributed by atoms with Crippen LogP contribution in [0.5, 0.6) is 0 Å². The number of anilines is 3. The molecule has 1 atom stereocenters. The molecule has 1 aliphatic heterocycles. The van der Waals surface area contributed by atoms with Crippen molar-refractivity contribution in [3.63, 3.8) is 0 Å². The molecule has 31 heavy (non-hydrogen) atoms. The first-order chi connectivity index (χ1) is 15.0. The van der Waals surface area contributed by atoms with Gasteiger partial charge in [0.1, 0.15) is 5.69 Å². The number of nitrogens with zero attached hydrogens (tertiary/aromatic N) is 2. The Balaban J connectivity index is 1.45. The van der Waals surface area contributed by atoms with Crippen LogP contribution in [0, 0.1) is 16.0 Å². The van der Waals surface area contributed by atoms with Gasteiger partial charge in [0.05, 0.1) is 10.6 Å². The van der Waals surface area contributed by atoms with E-state index in [0.717, 1.165) is 21.4 Å². The van der Waals surface area contributed by atoms with E-state index in [-0.39, 0.29) is 29.6 Å². The zero-order valence-corrected chi connectivity index (χ0v) is 17.0. The molecule has 0 unspecified atom stereocenters. The van der Waals surface area contributed by atoms with Crippen molar-refractivity contribution in [2.45, 2.75) is 13.3 Å². The lowest BCUT2D eigenvalue weighted by Gasteiger charge is -2.16. The Labute approximate surface area is 179 Å². The van der Waals surface area contributed by atoms with Crippen LogP contribution in [0.1, 0.15) is 13.3 Å². The Morgan fingerprint density at radius 2 is 1.71 bits per heavy atom. The van der Waals surface area contributed by atoms with Gasteiger partial charge in [-0.05, 0) is 23.6 Å². The molecule has 3 aromatic carbocycles. The highest BCUT2D eigenvalue weighted by Gasteiger charge is 2.37. The molecular weight excluding hydrogens is 396 g/mol. The summed E-state index contributed by atoms with van der Waals surface area (Å²) in [6, 6.07) is 18.4. The highest BCUT2D eigenvalue weighted by Crippen LogP contribution is 2.33. The number of imide groups is 1. The quantitative estimate of drug-likeness (QED) is 0.258. The van der Waals surface area contributed by atoms with Gasteiger partial charge in [-0.25, -0.2) is 0 Å². The number of nitrogens with one attached hydrogen (secondary N) is 2. The molecule has 158 valence electrons. The van der Waals surface area contributed by atoms with Crippen LogP contribution in [0.4, 0.5) is 22.7 Å². The summed E-state index contributed by atoms with van der Waals surface area (Å²) in [5, 5.41) is 20.2. The van der Waals surface area contributed by atoms with E-state index in [1.165, 1.54) is 12.1 Å². The maximum Gasteiger partial charge on any atom is 0.294 e. The minimum absolute atomic E-state index is 0.118. The van der Waals surface area contributed by atoms with Crippen molar-refractivity contribution in [3.8, 4) is 0 Å². The standard InChI is InChI=1S/C23H22N4O4/c1-15-13-22(28)26(23(15)29)17-9-10-20(21(14-17)27(30)31)25-12-11-24-19-8-4-6-16-5-2-3-7-18(16)19/h2-10,14-15,24-25H,11-13H2,1H3/t15-/m1/s1. The van der Waals surface area contributed by atoms with Crippen molar-refractivity contribution >= 4 is 45.3 Å². The Hall–Kier alpha value is -3.94. The van der Waals surface area contributed by atoms with E-state index < -0.39 is 10.8 Å². The van der Waals surface area contributed by atoms with Crippen molar-refractivity contribution < 1.29 is 14.5 Å². The molecule has 2 N–H and O–H groups in total. The van der Waals surface area contributed by atoms with E-state index in [0.29, 0.717) is 18.8 Å². The smallest absolute Gasteiger partial charge is 0.294 e. The zero-order chi connectivity index (χ0) is 22.0. The molecule has 0 aliphatic carbocycles. The molecule has 0 aromatic heterocycles. The lowest BCUT2D eigenvalue weighted by Crippen LogP contribution is -2.30. The summed E-state index contributed by atoms with van der Waals surface area (Å²) in [6.07, 6.45) is 0.118. The zero-order valence-electron chi connectivity index (χ0n) is 17.0. The first-order valence-corrected chi connectivity index (χ1v) is 10.1. The Kier molecular flexibility index (Phi) is 5.53. The van der Waals surface area contributed by atoms with Crippen LogP contribution in [-0.4, -0.2) is 29.8 Å². The van der Waals surface area contributed by atoms with Crippen molar-refractivity contribution in [1.29, 1.82) is 0 Å². The predicted octanol–water partition coefficient (Wildman–Crippen LogP) is 4.17. The van der Waals surface area contributed by atoms with E-state index in [9.17, 15) is 19.7 Å². The van der Waals surface area contributed by atoms with Crippen molar-refractivity contribution in [2.75, 3.05) is 28.6 Å². The third kappa shape index (κ3) is 4.05. The predicted molar refractivity (Wildman–Crippen MR) is 120 cm³/mol. The monoisotopic (exact) mass is 418 g/mol. The van der Waals surface area contributed by atoms with E-state index in [2.05, 4.69) is 10.6 Å². The molecule has 0 saturated carbocycles. The molecule has 0 radical (unpaired) electrons. The maximum absolute atomic E-state index is 12.2. The summed E-state index contributed by atoms with van der Waals surface area (Å²) in [5.74, 6) is -1.09. The van der Waals surface area contributed by atoms with E-state index >= 15 is 0 Å². The number of nitro benzene ring substituents is 1. The van der Waals surface area contributed by atoms with E-state index in [1.807, 2.05) is 42.5 Å². The molecule has 1 saturated heterocycles. The van der Waals surface area contributed by atoms with Gasteiger partial charge < -0.3 is 10.6 Å². The van der Waals surface area contributed by atoms with Gasteiger partial charge in [-0.2, -0.15) is 0 Å². The van der Waals surface area contributed by atoms with Gasteiger partial charge in [-0.15, -0.1) is 0 Å². The van der Waals surface area contributed by atoms with Gasteiger partial charge in [-0.3, -0.25) is 24.6 Å². The minimum Gasteiger partial charge on any atom is -0.383 e. The molecule has 8 nitrogen and oxygen atoms in total. The summed E-state index contributed by atoms with van der Waals surface area (Å²) in [6.45, 7) is 2.67. The highest BCUT2D eigenvalue weighted by atomic mass is 16.6. The average Bonchev–Trinajstić information content (AvgIpc) is 3.02. The molecule has 3 aromatic rings. The largest absolute Gasteiger partial charge is 0.383 e. The van der Waals surface area contributed by atoms with Crippen LogP contribution in [0.15, 0.2) is 60.7 Å². The summed E-state index contributed by atoms with van der Waals surface area (Å²) >= 11 is 0. The summed E-state index contributed by atoms with van der Waals surface area (Å²) in [7, 11) is 0. The molecule has 4 rings (SSSR count). The Bertz CT molecular complexity index is 1170. The number of hydrogen-bond donors (Lipinski definition) is 2. The summed E-state index contributed by atoms with van der Waals surface area (Å²) in [5.41, 5.74) is 1.37. The number of amides is 2. The van der Waals surface area contributed by atoms with Gasteiger partial charge in [0.15, 0.2) is 0 Å². The van der Waals surface area contributed by atoms with Gasteiger partial charge in [0, 0.05) is 42.6 Å². The summed E-state index contributed by atoms with van der Waals surface area (Å²) < 4.78 is 0. The SMILES string of the molecule is C[C@@H]1CC(=O)N(c2ccc(NCCNc3cccc4ccccc34)c([N+](=O)[O-])c2)C1=O. The Morgan fingerprint density at radius 3 is 2.42 bits per heavy atom. The third-order valence-corrected chi connectivity index (χ3v) is 5.35. The molecule has 1 aliphatic rings. The van der Waals surface area contributed by atoms with Crippen LogP contribution in [-0.2, 0) is 9.59 Å². The second-order valence-electron chi connectivity index (χ2n) is 7.51. The summed E-state index contributed by atoms with van der Waals surface area (Å²) in [4.78, 5) is 36.4. The lowest BCUT2D eigenvalue weighted by molar-refractivity contribution is -0.383. The van der Waals surface area contributed by atoms with E-state index in [4.69, 9.17) is 0 Å². The normalized spacial score (nSPS) is 16.0. The topological polar surface area (TPSA) is 105 Å². The molecule has 2 amide bonds. The van der Waals surface area contributed by atoms with Gasteiger partial charge >= 0.3 is 0 Å². The average molecular weight is 418 g/mol. The third-order valence-electron chi connectivity index (χ3n) is 5.35. The van der Waals surface area contributed by atoms with Gasteiger partial charge in [0.25, 0.3) is 5.69 Å². The number of carbonyl (C=O) groups excluding carboxylic acids is 2. The molecule has 1 fully saturated rings. The van der Waals surface area contributed by atoms with Gasteiger partial charge in [0.2, 0.25) is 11.8 Å². The van der Waals surface area contributed by atoms with Crippen molar-refractivity contribution in [1.82, 2.24) is 0 Å². The number of carbonyl (C=O) groups is 2. The molecule has 0 spiro atoms. The Morgan fingerprint density at radius 1 is 1.00 bits per heavy atom. The molecule has 1 heterocycles.